The lowest BCUT2D eigenvalue weighted by Crippen LogP contribution is -2.55. The third-order valence-electron chi connectivity index (χ3n) is 13.2. The molecule has 1 nitrogen and oxygen atoms in total. The first kappa shape index (κ1) is 38.8. The predicted octanol–water partition coefficient (Wildman–Crippen LogP) is 8.53. The van der Waals surface area contributed by atoms with Crippen LogP contribution in [0.2, 0.25) is 52.4 Å². The van der Waals surface area contributed by atoms with E-state index in [9.17, 15) is 0 Å². The van der Waals surface area contributed by atoms with Crippen molar-refractivity contribution in [1.29, 1.82) is 0 Å². The highest BCUT2D eigenvalue weighted by atomic mass is 28.3. The van der Waals surface area contributed by atoms with Crippen LogP contribution in [-0.4, -0.2) is 32.3 Å². The van der Waals surface area contributed by atoms with E-state index < -0.39 is 32.3 Å². The average molecular weight is 806 g/mol. The van der Waals surface area contributed by atoms with Crippen LogP contribution in [0.3, 0.4) is 0 Å². The molecule has 284 valence electrons. The number of fused-ring (bicyclic) bond motifs is 2. The summed E-state index contributed by atoms with van der Waals surface area (Å²) in [5.41, 5.74) is 10.2. The van der Waals surface area contributed by atoms with E-state index in [0.717, 1.165) is 5.69 Å². The maximum atomic E-state index is 6.68. The van der Waals surface area contributed by atoms with Gasteiger partial charge in [-0.1, -0.05) is 248 Å². The first-order valence-corrected chi connectivity index (χ1v) is 32.4. The van der Waals surface area contributed by atoms with Crippen molar-refractivity contribution >= 4 is 101 Å². The van der Waals surface area contributed by atoms with Crippen LogP contribution in [0.5, 0.6) is 0 Å². The minimum Gasteiger partial charge on any atom is -0.399 e. The van der Waals surface area contributed by atoms with Gasteiger partial charge < -0.3 is 5.73 Å². The van der Waals surface area contributed by atoms with Gasteiger partial charge in [0.05, 0.1) is 0 Å². The Hall–Kier alpha value is -5.05. The fourth-order valence-corrected chi connectivity index (χ4v) is 19.7. The molecule has 0 saturated carbocycles. The zero-order chi connectivity index (χ0) is 40.2. The molecule has 8 aromatic carbocycles. The molecule has 2 N–H and O–H groups in total. The number of para-hydroxylation sites is 1. The fraction of sp³-hybridized carbons (Fsp3) is 0.154. The average Bonchev–Trinajstić information content (AvgIpc) is 3.23. The van der Waals surface area contributed by atoms with Gasteiger partial charge in [0.1, 0.15) is 32.3 Å². The minimum atomic E-state index is -2.13. The summed E-state index contributed by atoms with van der Waals surface area (Å²) in [6, 6.07) is 66.9. The molecule has 8 aromatic rings. The van der Waals surface area contributed by atoms with Crippen molar-refractivity contribution in [2.45, 2.75) is 52.4 Å². The van der Waals surface area contributed by atoms with Crippen molar-refractivity contribution in [3.8, 4) is 11.1 Å². The van der Waals surface area contributed by atoms with Crippen molar-refractivity contribution in [2.24, 2.45) is 0 Å². The SMILES string of the molecule is C[Si](C)(c1ccccc1)c1ccc2c(-c3ccc([Si](C)(C)c4ccccc4)c4cc([Si](C)(C)c5ccccc5N)ccc34)ccc([Si](C)(C)c3ccccc3)c2c1. The Morgan fingerprint density at radius 3 is 1.05 bits per heavy atom. The van der Waals surface area contributed by atoms with Crippen LogP contribution in [0.25, 0.3) is 32.7 Å². The summed E-state index contributed by atoms with van der Waals surface area (Å²) in [5, 5.41) is 17.0. The molecule has 0 bridgehead atoms. The van der Waals surface area contributed by atoms with Crippen molar-refractivity contribution in [1.82, 2.24) is 0 Å². The lowest BCUT2D eigenvalue weighted by atomic mass is 9.94. The smallest absolute Gasteiger partial charge is 0.114 e. The van der Waals surface area contributed by atoms with Gasteiger partial charge in [0, 0.05) is 5.69 Å². The van der Waals surface area contributed by atoms with Crippen molar-refractivity contribution in [2.75, 3.05) is 5.73 Å². The molecule has 8 rings (SSSR count). The normalized spacial score (nSPS) is 12.6. The topological polar surface area (TPSA) is 26.0 Å². The van der Waals surface area contributed by atoms with E-state index in [1.54, 1.807) is 0 Å². The lowest BCUT2D eigenvalue weighted by molar-refractivity contribution is 1.65. The third-order valence-corrected chi connectivity index (χ3v) is 27.4. The van der Waals surface area contributed by atoms with Crippen LogP contribution in [0.1, 0.15) is 0 Å². The van der Waals surface area contributed by atoms with Crippen LogP contribution in [-0.2, 0) is 0 Å². The summed E-state index contributed by atoms with van der Waals surface area (Å²) in [4.78, 5) is 0. The molecule has 5 heteroatoms. The van der Waals surface area contributed by atoms with Gasteiger partial charge in [0.2, 0.25) is 0 Å². The zero-order valence-corrected chi connectivity index (χ0v) is 38.8. The Labute approximate surface area is 344 Å². The molecule has 0 aromatic heterocycles. The molecule has 0 aliphatic carbocycles. The van der Waals surface area contributed by atoms with Gasteiger partial charge in [-0.3, -0.25) is 0 Å². The Morgan fingerprint density at radius 2 is 0.632 bits per heavy atom. The number of rotatable bonds is 9. The van der Waals surface area contributed by atoms with Crippen LogP contribution in [0.4, 0.5) is 5.69 Å². The highest BCUT2D eigenvalue weighted by molar-refractivity contribution is 7.03. The highest BCUT2D eigenvalue weighted by Gasteiger charge is 2.34. The molecule has 0 radical (unpaired) electrons. The van der Waals surface area contributed by atoms with Crippen LogP contribution < -0.4 is 47.2 Å². The second kappa shape index (κ2) is 14.7. The van der Waals surface area contributed by atoms with Crippen LogP contribution in [0.15, 0.2) is 176 Å². The van der Waals surface area contributed by atoms with E-state index in [2.05, 4.69) is 228 Å². The van der Waals surface area contributed by atoms with Crippen molar-refractivity contribution < 1.29 is 0 Å². The van der Waals surface area contributed by atoms with E-state index in [1.165, 1.54) is 74.2 Å². The summed E-state index contributed by atoms with van der Waals surface area (Å²) in [5.74, 6) is 0. The molecule has 0 aliphatic rings. The molecule has 0 heterocycles. The summed E-state index contributed by atoms with van der Waals surface area (Å²) >= 11 is 0. The van der Waals surface area contributed by atoms with Gasteiger partial charge >= 0.3 is 0 Å². The zero-order valence-electron chi connectivity index (χ0n) is 34.8. The summed E-state index contributed by atoms with van der Waals surface area (Å²) in [6.07, 6.45) is 0. The monoisotopic (exact) mass is 805 g/mol. The van der Waals surface area contributed by atoms with E-state index in [1.807, 2.05) is 0 Å². The van der Waals surface area contributed by atoms with Crippen molar-refractivity contribution in [3.05, 3.63) is 176 Å². The van der Waals surface area contributed by atoms with Gasteiger partial charge in [-0.25, -0.2) is 0 Å². The Kier molecular flexibility index (Phi) is 10.0. The van der Waals surface area contributed by atoms with E-state index in [0.29, 0.717) is 0 Å². The standard InChI is InChI=1S/C52H55NSi4/c1-54(2,38-20-12-9-13-21-38)41-28-30-45-43(32-34-50(47(45)36-41)55(3,4)39-22-14-10-15-23-39)44-33-35-51(56(5,6)40-24-16-11-17-25-40)48-37-42(29-31-46(44)48)57(7,8)52-27-19-18-26-49(52)53/h9-37H,53H2,1-8H3. The number of benzene rings is 8. The van der Waals surface area contributed by atoms with Gasteiger partial charge in [-0.05, 0) is 54.3 Å². The van der Waals surface area contributed by atoms with Crippen molar-refractivity contribution in [3.63, 3.8) is 0 Å². The fourth-order valence-electron chi connectivity index (χ4n) is 9.30. The molecule has 57 heavy (non-hydrogen) atoms. The highest BCUT2D eigenvalue weighted by Crippen LogP contribution is 2.35. The number of anilines is 1. The van der Waals surface area contributed by atoms with Gasteiger partial charge in [-0.2, -0.15) is 0 Å². The first-order chi connectivity index (χ1) is 27.2. The van der Waals surface area contributed by atoms with Gasteiger partial charge in [0.25, 0.3) is 0 Å². The molecular weight excluding hydrogens is 751 g/mol. The van der Waals surface area contributed by atoms with E-state index >= 15 is 0 Å². The largest absolute Gasteiger partial charge is 0.399 e. The summed E-state index contributed by atoms with van der Waals surface area (Å²) in [7, 11) is -8.29. The second-order valence-electron chi connectivity index (χ2n) is 18.0. The maximum absolute atomic E-state index is 6.68. The van der Waals surface area contributed by atoms with E-state index in [-0.39, 0.29) is 0 Å². The van der Waals surface area contributed by atoms with Gasteiger partial charge in [0.15, 0.2) is 0 Å². The first-order valence-electron chi connectivity index (χ1n) is 20.4. The maximum Gasteiger partial charge on any atom is 0.114 e. The summed E-state index contributed by atoms with van der Waals surface area (Å²) < 4.78 is 0. The van der Waals surface area contributed by atoms with E-state index in [4.69, 9.17) is 5.73 Å². The molecule has 0 aliphatic heterocycles. The molecule has 0 fully saturated rings. The summed E-state index contributed by atoms with van der Waals surface area (Å²) in [6.45, 7) is 20.0. The molecule has 0 spiro atoms. The molecule has 0 unspecified atom stereocenters. The Morgan fingerprint density at radius 1 is 0.281 bits per heavy atom. The quantitative estimate of drug-likeness (QED) is 0.115. The number of nitrogens with two attached hydrogens (primary N) is 1. The van der Waals surface area contributed by atoms with Crippen LogP contribution >= 0.6 is 0 Å². The molecule has 0 saturated heterocycles. The number of nitrogen functional groups attached to an aromatic ring is 1. The molecular formula is C52H55NSi4. The third kappa shape index (κ3) is 6.80. The number of hydrogen-bond acceptors (Lipinski definition) is 1. The second-order valence-corrected chi connectivity index (χ2v) is 35.5. The Bertz CT molecular complexity index is 2740. The van der Waals surface area contributed by atoms with Gasteiger partial charge in [-0.15, -0.1) is 0 Å². The lowest BCUT2D eigenvalue weighted by Gasteiger charge is -2.30. The predicted molar refractivity (Wildman–Crippen MR) is 264 cm³/mol. The molecule has 0 amide bonds. The Balaban J connectivity index is 1.40. The van der Waals surface area contributed by atoms with Crippen LogP contribution in [0, 0.1) is 0 Å². The molecule has 0 atom stereocenters. The minimum absolute atomic E-state index is 0.897. The number of hydrogen-bond donors (Lipinski definition) is 1.